The molecule has 0 atom stereocenters. The van der Waals surface area contributed by atoms with Gasteiger partial charge in [-0.15, -0.1) is 0 Å². The summed E-state index contributed by atoms with van der Waals surface area (Å²) in [7, 11) is 0. The van der Waals surface area contributed by atoms with E-state index in [-0.39, 0.29) is 5.41 Å². The predicted molar refractivity (Wildman–Crippen MR) is 72.5 cm³/mol. The molecule has 1 aromatic heterocycles. The highest BCUT2D eigenvalue weighted by Gasteiger charge is 2.40. The first kappa shape index (κ1) is 12.4. The number of fused-ring (bicyclic) bond motifs is 1. The Hall–Kier alpha value is -1.59. The van der Waals surface area contributed by atoms with Gasteiger partial charge in [0.2, 0.25) is 0 Å². The van der Waals surface area contributed by atoms with E-state index < -0.39 is 5.76 Å². The molecule has 19 heavy (non-hydrogen) atoms. The average molecular weight is 262 g/mol. The Bertz CT molecular complexity index is 637. The van der Waals surface area contributed by atoms with E-state index in [0.29, 0.717) is 24.8 Å². The van der Waals surface area contributed by atoms with Crippen molar-refractivity contribution in [3.8, 4) is 0 Å². The van der Waals surface area contributed by atoms with E-state index in [4.69, 9.17) is 9.15 Å². The quantitative estimate of drug-likeness (QED) is 0.873. The summed E-state index contributed by atoms with van der Waals surface area (Å²) in [5, 5.41) is 3.46. The van der Waals surface area contributed by atoms with Gasteiger partial charge in [-0.25, -0.2) is 4.79 Å². The molecule has 1 aromatic carbocycles. The molecule has 0 aliphatic carbocycles. The lowest BCUT2D eigenvalue weighted by atomic mass is 9.78. The molecule has 2 heterocycles. The highest BCUT2D eigenvalue weighted by atomic mass is 16.5. The first-order valence-corrected chi connectivity index (χ1v) is 6.54. The van der Waals surface area contributed by atoms with Gasteiger partial charge in [0.25, 0.3) is 0 Å². The lowest BCUT2D eigenvalue weighted by molar-refractivity contribution is -0.0596. The molecule has 5 heteroatoms. The van der Waals surface area contributed by atoms with Crippen LogP contribution < -0.4 is 11.1 Å². The SMILES string of the molecule is CC(C)NCC1(c2ccc3[nH]c(=O)oc3c2)COC1. The third-order valence-electron chi connectivity index (χ3n) is 3.64. The Morgan fingerprint density at radius 3 is 2.84 bits per heavy atom. The summed E-state index contributed by atoms with van der Waals surface area (Å²) >= 11 is 0. The first-order valence-electron chi connectivity index (χ1n) is 6.54. The largest absolute Gasteiger partial charge is 0.417 e. The van der Waals surface area contributed by atoms with Crippen LogP contribution in [0.2, 0.25) is 0 Å². The fourth-order valence-electron chi connectivity index (χ4n) is 2.39. The van der Waals surface area contributed by atoms with Crippen molar-refractivity contribution in [2.45, 2.75) is 25.3 Å². The van der Waals surface area contributed by atoms with E-state index >= 15 is 0 Å². The molecule has 1 aliphatic heterocycles. The van der Waals surface area contributed by atoms with Gasteiger partial charge in [0.15, 0.2) is 5.58 Å². The highest BCUT2D eigenvalue weighted by Crippen LogP contribution is 2.33. The molecule has 2 aromatic rings. The van der Waals surface area contributed by atoms with E-state index in [9.17, 15) is 4.79 Å². The molecule has 0 saturated carbocycles. The van der Waals surface area contributed by atoms with Gasteiger partial charge in [-0.2, -0.15) is 0 Å². The monoisotopic (exact) mass is 262 g/mol. The molecule has 1 fully saturated rings. The van der Waals surface area contributed by atoms with E-state index in [1.54, 1.807) is 0 Å². The molecule has 0 amide bonds. The van der Waals surface area contributed by atoms with Crippen molar-refractivity contribution < 1.29 is 9.15 Å². The standard InChI is InChI=1S/C14H18N2O3/c1-9(2)15-6-14(7-18-8-14)10-3-4-11-12(5-10)19-13(17)16-11/h3-5,9,15H,6-8H2,1-2H3,(H,16,17). The molecular formula is C14H18N2O3. The third kappa shape index (κ3) is 2.19. The summed E-state index contributed by atoms with van der Waals surface area (Å²) in [4.78, 5) is 13.8. The zero-order chi connectivity index (χ0) is 13.5. The van der Waals surface area contributed by atoms with Crippen LogP contribution in [0.4, 0.5) is 0 Å². The van der Waals surface area contributed by atoms with Crippen LogP contribution in [-0.4, -0.2) is 30.8 Å². The molecule has 102 valence electrons. The minimum Gasteiger partial charge on any atom is -0.408 e. The number of hydrogen-bond acceptors (Lipinski definition) is 4. The Kier molecular flexibility index (Phi) is 2.95. The molecule has 0 bridgehead atoms. The summed E-state index contributed by atoms with van der Waals surface area (Å²) in [6.07, 6.45) is 0. The molecular weight excluding hydrogens is 244 g/mol. The first-order chi connectivity index (χ1) is 9.09. The Labute approximate surface area is 111 Å². The fraction of sp³-hybridized carbons (Fsp3) is 0.500. The molecule has 3 rings (SSSR count). The van der Waals surface area contributed by atoms with E-state index in [0.717, 1.165) is 17.6 Å². The van der Waals surface area contributed by atoms with Gasteiger partial charge in [0.05, 0.1) is 24.1 Å². The number of aromatic amines is 1. The third-order valence-corrected chi connectivity index (χ3v) is 3.64. The second-order valence-corrected chi connectivity index (χ2v) is 5.53. The van der Waals surface area contributed by atoms with Crippen LogP contribution in [0.15, 0.2) is 27.4 Å². The summed E-state index contributed by atoms with van der Waals surface area (Å²) in [6.45, 7) is 6.52. The van der Waals surface area contributed by atoms with Gasteiger partial charge in [-0.3, -0.25) is 4.98 Å². The molecule has 5 nitrogen and oxygen atoms in total. The number of benzene rings is 1. The zero-order valence-corrected chi connectivity index (χ0v) is 11.2. The van der Waals surface area contributed by atoms with Crippen molar-refractivity contribution in [3.05, 3.63) is 34.3 Å². The van der Waals surface area contributed by atoms with Crippen LogP contribution in [-0.2, 0) is 10.2 Å². The van der Waals surface area contributed by atoms with Crippen LogP contribution in [0, 0.1) is 0 Å². The maximum absolute atomic E-state index is 11.2. The Balaban J connectivity index is 1.94. The van der Waals surface area contributed by atoms with Crippen molar-refractivity contribution in [3.63, 3.8) is 0 Å². The summed E-state index contributed by atoms with van der Waals surface area (Å²) in [6, 6.07) is 6.31. The number of hydrogen-bond donors (Lipinski definition) is 2. The molecule has 1 saturated heterocycles. The van der Waals surface area contributed by atoms with Crippen molar-refractivity contribution >= 4 is 11.1 Å². The summed E-state index contributed by atoms with van der Waals surface area (Å²) in [5.74, 6) is -0.411. The van der Waals surface area contributed by atoms with Gasteiger partial charge in [0.1, 0.15) is 0 Å². The summed E-state index contributed by atoms with van der Waals surface area (Å²) < 4.78 is 10.5. The number of ether oxygens (including phenoxy) is 1. The van der Waals surface area contributed by atoms with Gasteiger partial charge in [0, 0.05) is 12.6 Å². The molecule has 1 aliphatic rings. The summed E-state index contributed by atoms with van der Waals surface area (Å²) in [5.41, 5.74) is 2.50. The Morgan fingerprint density at radius 2 is 2.21 bits per heavy atom. The second-order valence-electron chi connectivity index (χ2n) is 5.53. The van der Waals surface area contributed by atoms with Gasteiger partial charge >= 0.3 is 5.76 Å². The normalized spacial score (nSPS) is 17.8. The fourth-order valence-corrected chi connectivity index (χ4v) is 2.39. The molecule has 0 spiro atoms. The number of oxazole rings is 1. The minimum absolute atomic E-state index is 0.00566. The van der Waals surface area contributed by atoms with Crippen LogP contribution in [0.1, 0.15) is 19.4 Å². The van der Waals surface area contributed by atoms with E-state index in [1.165, 1.54) is 0 Å². The van der Waals surface area contributed by atoms with Crippen molar-refractivity contribution in [2.75, 3.05) is 19.8 Å². The second kappa shape index (κ2) is 4.51. The topological polar surface area (TPSA) is 67.3 Å². The van der Waals surface area contributed by atoms with Gasteiger partial charge in [-0.05, 0) is 17.7 Å². The highest BCUT2D eigenvalue weighted by molar-refractivity contribution is 5.73. The van der Waals surface area contributed by atoms with E-state index in [1.807, 2.05) is 18.2 Å². The lowest BCUT2D eigenvalue weighted by Gasteiger charge is -2.42. The van der Waals surface area contributed by atoms with Crippen LogP contribution in [0.25, 0.3) is 11.1 Å². The maximum Gasteiger partial charge on any atom is 0.417 e. The number of rotatable bonds is 4. The van der Waals surface area contributed by atoms with Crippen LogP contribution >= 0.6 is 0 Å². The Morgan fingerprint density at radius 1 is 1.42 bits per heavy atom. The predicted octanol–water partition coefficient (Wildman–Crippen LogP) is 1.39. The minimum atomic E-state index is -0.411. The van der Waals surface area contributed by atoms with Crippen molar-refractivity contribution in [1.82, 2.24) is 10.3 Å². The molecule has 2 N–H and O–H groups in total. The van der Waals surface area contributed by atoms with Crippen molar-refractivity contribution in [2.24, 2.45) is 0 Å². The maximum atomic E-state index is 11.2. The van der Waals surface area contributed by atoms with E-state index in [2.05, 4.69) is 24.1 Å². The number of aromatic nitrogens is 1. The lowest BCUT2D eigenvalue weighted by Crippen LogP contribution is -2.54. The number of H-pyrrole nitrogens is 1. The zero-order valence-electron chi connectivity index (χ0n) is 11.2. The number of nitrogens with one attached hydrogen (secondary N) is 2. The van der Waals surface area contributed by atoms with Gasteiger partial charge in [-0.1, -0.05) is 19.9 Å². The van der Waals surface area contributed by atoms with Crippen LogP contribution in [0.3, 0.4) is 0 Å². The van der Waals surface area contributed by atoms with Crippen LogP contribution in [0.5, 0.6) is 0 Å². The average Bonchev–Trinajstić information content (AvgIpc) is 2.66. The molecule has 0 unspecified atom stereocenters. The van der Waals surface area contributed by atoms with Crippen molar-refractivity contribution in [1.29, 1.82) is 0 Å². The van der Waals surface area contributed by atoms with Gasteiger partial charge < -0.3 is 14.5 Å². The smallest absolute Gasteiger partial charge is 0.408 e. The molecule has 0 radical (unpaired) electrons.